The summed E-state index contributed by atoms with van der Waals surface area (Å²) >= 11 is 0. The van der Waals surface area contributed by atoms with Crippen LogP contribution >= 0.6 is 0 Å². The van der Waals surface area contributed by atoms with Crippen molar-refractivity contribution in [3.05, 3.63) is 17.0 Å². The van der Waals surface area contributed by atoms with Gasteiger partial charge in [-0.05, 0) is 27.8 Å². The largest absolute Gasteiger partial charge is 0.327 e. The number of hydrogen-bond acceptors (Lipinski definition) is 3. The second-order valence-corrected chi connectivity index (χ2v) is 4.45. The second-order valence-electron chi connectivity index (χ2n) is 4.45. The Morgan fingerprint density at radius 1 is 1.47 bits per heavy atom. The van der Waals surface area contributed by atoms with Crippen LogP contribution in [0.2, 0.25) is 0 Å². The average Bonchev–Trinajstić information content (AvgIpc) is 2.31. The molecular weight excluding hydrogens is 188 g/mol. The third-order valence-corrected chi connectivity index (χ3v) is 2.69. The van der Waals surface area contributed by atoms with Crippen molar-refractivity contribution >= 4 is 0 Å². The van der Waals surface area contributed by atoms with E-state index in [1.807, 2.05) is 18.7 Å². The molecule has 0 bridgehead atoms. The zero-order chi connectivity index (χ0) is 11.6. The minimum absolute atomic E-state index is 0.215. The van der Waals surface area contributed by atoms with Gasteiger partial charge in [0, 0.05) is 37.4 Å². The van der Waals surface area contributed by atoms with Gasteiger partial charge in [0.05, 0.1) is 5.69 Å². The number of rotatable bonds is 4. The Kier molecular flexibility index (Phi) is 3.88. The Balaban J connectivity index is 2.71. The number of nitrogens with two attached hydrogens (primary N) is 1. The molecule has 0 aliphatic rings. The molecule has 4 nitrogen and oxygen atoms in total. The minimum atomic E-state index is 0.215. The van der Waals surface area contributed by atoms with Crippen LogP contribution in [0.4, 0.5) is 0 Å². The van der Waals surface area contributed by atoms with Gasteiger partial charge in [0.2, 0.25) is 0 Å². The van der Waals surface area contributed by atoms with Gasteiger partial charge in [-0.2, -0.15) is 5.10 Å². The third kappa shape index (κ3) is 3.04. The van der Waals surface area contributed by atoms with Crippen LogP contribution in [0.3, 0.4) is 0 Å². The van der Waals surface area contributed by atoms with E-state index >= 15 is 0 Å². The molecule has 0 amide bonds. The highest BCUT2D eigenvalue weighted by atomic mass is 15.3. The summed E-state index contributed by atoms with van der Waals surface area (Å²) in [7, 11) is 4.08. The lowest BCUT2D eigenvalue weighted by Gasteiger charge is -2.18. The molecule has 0 aliphatic heterocycles. The quantitative estimate of drug-likeness (QED) is 0.800. The summed E-state index contributed by atoms with van der Waals surface area (Å²) in [6, 6.07) is 0.215. The first-order valence-corrected chi connectivity index (χ1v) is 5.35. The van der Waals surface area contributed by atoms with E-state index < -0.39 is 0 Å². The number of aromatic nitrogens is 2. The van der Waals surface area contributed by atoms with Gasteiger partial charge >= 0.3 is 0 Å². The molecule has 0 aromatic carbocycles. The van der Waals surface area contributed by atoms with Crippen LogP contribution in [0, 0.1) is 13.8 Å². The molecule has 0 radical (unpaired) electrons. The molecule has 0 fully saturated rings. The summed E-state index contributed by atoms with van der Waals surface area (Å²) < 4.78 is 1.93. The maximum atomic E-state index is 5.77. The zero-order valence-electron chi connectivity index (χ0n) is 10.4. The van der Waals surface area contributed by atoms with Gasteiger partial charge in [-0.1, -0.05) is 0 Å². The smallest absolute Gasteiger partial charge is 0.0641 e. The van der Waals surface area contributed by atoms with E-state index in [4.69, 9.17) is 5.73 Å². The second kappa shape index (κ2) is 4.77. The highest BCUT2D eigenvalue weighted by Crippen LogP contribution is 2.13. The Labute approximate surface area is 92.1 Å². The van der Waals surface area contributed by atoms with Crippen LogP contribution in [0.15, 0.2) is 0 Å². The lowest BCUT2D eigenvalue weighted by molar-refractivity contribution is 0.308. The van der Waals surface area contributed by atoms with Gasteiger partial charge in [-0.3, -0.25) is 4.68 Å². The van der Waals surface area contributed by atoms with Crippen molar-refractivity contribution in [3.63, 3.8) is 0 Å². The normalized spacial score (nSPS) is 13.5. The Bertz CT molecular complexity index is 328. The first-order chi connectivity index (χ1) is 6.91. The van der Waals surface area contributed by atoms with Gasteiger partial charge < -0.3 is 10.6 Å². The third-order valence-electron chi connectivity index (χ3n) is 2.69. The Morgan fingerprint density at radius 3 is 2.47 bits per heavy atom. The molecule has 0 saturated heterocycles. The summed E-state index contributed by atoms with van der Waals surface area (Å²) in [4.78, 5) is 2.24. The first kappa shape index (κ1) is 12.2. The molecule has 1 atom stereocenters. The van der Waals surface area contributed by atoms with Crippen molar-refractivity contribution < 1.29 is 0 Å². The molecule has 15 heavy (non-hydrogen) atoms. The summed E-state index contributed by atoms with van der Waals surface area (Å²) in [5.74, 6) is 0. The summed E-state index contributed by atoms with van der Waals surface area (Å²) in [6.45, 7) is 8.03. The van der Waals surface area contributed by atoms with E-state index in [-0.39, 0.29) is 6.04 Å². The number of likely N-dealkylation sites (N-methyl/N-ethyl adjacent to an activating group) is 1. The summed E-state index contributed by atoms with van der Waals surface area (Å²) in [5, 5.41) is 4.40. The topological polar surface area (TPSA) is 47.1 Å². The lowest BCUT2D eigenvalue weighted by atomic mass is 10.2. The molecule has 0 unspecified atom stereocenters. The molecule has 0 aliphatic carbocycles. The average molecular weight is 210 g/mol. The van der Waals surface area contributed by atoms with E-state index in [0.717, 1.165) is 18.8 Å². The Hall–Kier alpha value is -0.870. The molecule has 86 valence electrons. The predicted molar refractivity (Wildman–Crippen MR) is 62.7 cm³/mol. The van der Waals surface area contributed by atoms with Crippen molar-refractivity contribution in [2.75, 3.05) is 13.6 Å². The van der Waals surface area contributed by atoms with Gasteiger partial charge in [-0.25, -0.2) is 0 Å². The summed E-state index contributed by atoms with van der Waals surface area (Å²) in [6.07, 6.45) is 0. The predicted octanol–water partition coefficient (Wildman–Crippen LogP) is 0.816. The molecule has 0 saturated carbocycles. The highest BCUT2D eigenvalue weighted by molar-refractivity contribution is 5.24. The van der Waals surface area contributed by atoms with Crippen LogP contribution in [0.1, 0.15) is 23.9 Å². The van der Waals surface area contributed by atoms with Gasteiger partial charge in [0.1, 0.15) is 0 Å². The molecular formula is C11H22N4. The van der Waals surface area contributed by atoms with Crippen LogP contribution in [-0.4, -0.2) is 34.3 Å². The van der Waals surface area contributed by atoms with Crippen LogP contribution in [0.25, 0.3) is 0 Å². The fourth-order valence-electron chi connectivity index (χ4n) is 1.87. The van der Waals surface area contributed by atoms with Crippen molar-refractivity contribution in [2.24, 2.45) is 12.8 Å². The molecule has 1 rings (SSSR count). The number of aryl methyl sites for hydroxylation is 2. The van der Waals surface area contributed by atoms with Crippen LogP contribution in [-0.2, 0) is 13.6 Å². The van der Waals surface area contributed by atoms with Crippen molar-refractivity contribution in [1.82, 2.24) is 14.7 Å². The standard InChI is InChI=1S/C11H22N4/c1-8(12)6-14(4)7-11-9(2)13-15(5)10(11)3/h8H,6-7,12H2,1-5H3/t8-/m0/s1. The van der Waals surface area contributed by atoms with Gasteiger partial charge in [0.25, 0.3) is 0 Å². The van der Waals surface area contributed by atoms with E-state index in [2.05, 4.69) is 30.9 Å². The molecule has 1 aromatic heterocycles. The maximum Gasteiger partial charge on any atom is 0.0641 e. The van der Waals surface area contributed by atoms with E-state index in [9.17, 15) is 0 Å². The van der Waals surface area contributed by atoms with Gasteiger partial charge in [0.15, 0.2) is 0 Å². The number of hydrogen-bond donors (Lipinski definition) is 1. The maximum absolute atomic E-state index is 5.77. The van der Waals surface area contributed by atoms with E-state index in [1.165, 1.54) is 11.3 Å². The summed E-state index contributed by atoms with van der Waals surface area (Å²) in [5.41, 5.74) is 9.44. The van der Waals surface area contributed by atoms with Crippen molar-refractivity contribution in [3.8, 4) is 0 Å². The van der Waals surface area contributed by atoms with Crippen molar-refractivity contribution in [2.45, 2.75) is 33.4 Å². The monoisotopic (exact) mass is 210 g/mol. The molecule has 1 aromatic rings. The van der Waals surface area contributed by atoms with Crippen molar-refractivity contribution in [1.29, 1.82) is 0 Å². The first-order valence-electron chi connectivity index (χ1n) is 5.35. The van der Waals surface area contributed by atoms with Crippen LogP contribution in [0.5, 0.6) is 0 Å². The molecule has 1 heterocycles. The molecule has 2 N–H and O–H groups in total. The fraction of sp³-hybridized carbons (Fsp3) is 0.727. The Morgan fingerprint density at radius 2 is 2.07 bits per heavy atom. The fourth-order valence-corrected chi connectivity index (χ4v) is 1.87. The minimum Gasteiger partial charge on any atom is -0.327 e. The zero-order valence-corrected chi connectivity index (χ0v) is 10.4. The van der Waals surface area contributed by atoms with E-state index in [0.29, 0.717) is 0 Å². The van der Waals surface area contributed by atoms with E-state index in [1.54, 1.807) is 0 Å². The molecule has 4 heteroatoms. The number of nitrogens with zero attached hydrogens (tertiary/aromatic N) is 3. The SMILES string of the molecule is Cc1nn(C)c(C)c1CN(C)C[C@H](C)N. The van der Waals surface area contributed by atoms with Gasteiger partial charge in [-0.15, -0.1) is 0 Å². The highest BCUT2D eigenvalue weighted by Gasteiger charge is 2.11. The van der Waals surface area contributed by atoms with Crippen LogP contribution < -0.4 is 5.73 Å². The lowest BCUT2D eigenvalue weighted by Crippen LogP contribution is -2.32. The molecule has 0 spiro atoms.